The van der Waals surface area contributed by atoms with Crippen LogP contribution < -0.4 is 5.73 Å². The molecule has 15 heavy (non-hydrogen) atoms. The molecule has 3 rings (SSSR count). The zero-order valence-corrected chi connectivity index (χ0v) is 9.75. The second-order valence-corrected chi connectivity index (χ2v) is 5.38. The molecule has 0 bridgehead atoms. The van der Waals surface area contributed by atoms with Gasteiger partial charge in [0.15, 0.2) is 11.6 Å². The predicted octanol–water partition coefficient (Wildman–Crippen LogP) is 3.85. The van der Waals surface area contributed by atoms with E-state index in [0.29, 0.717) is 10.8 Å². The average Bonchev–Trinajstić information content (AvgIpc) is 2.82. The molecule has 3 heterocycles. The van der Waals surface area contributed by atoms with Gasteiger partial charge in [0, 0.05) is 9.40 Å². The molecule has 0 aliphatic carbocycles. The van der Waals surface area contributed by atoms with E-state index in [1.165, 1.54) is 9.40 Å². The Kier molecular flexibility index (Phi) is 1.98. The van der Waals surface area contributed by atoms with Gasteiger partial charge >= 0.3 is 0 Å². The number of rotatable bonds is 1. The Morgan fingerprint density at radius 3 is 2.93 bits per heavy atom. The van der Waals surface area contributed by atoms with Crippen molar-refractivity contribution in [1.82, 2.24) is 5.16 Å². The fourth-order valence-corrected chi connectivity index (χ4v) is 3.64. The Hall–Kier alpha value is -1.04. The van der Waals surface area contributed by atoms with Crippen molar-refractivity contribution in [3.05, 3.63) is 22.5 Å². The lowest BCUT2D eigenvalue weighted by Gasteiger charge is -1.87. The first-order valence-corrected chi connectivity index (χ1v) is 6.21. The van der Waals surface area contributed by atoms with Crippen molar-refractivity contribution >= 4 is 49.5 Å². The van der Waals surface area contributed by atoms with Crippen LogP contribution >= 0.6 is 34.3 Å². The van der Waals surface area contributed by atoms with Crippen LogP contribution in [-0.4, -0.2) is 5.16 Å². The number of hydrogen-bond donors (Lipinski definition) is 1. The molecule has 0 unspecified atom stereocenters. The Labute approximate surface area is 98.1 Å². The molecule has 2 N–H and O–H groups in total. The summed E-state index contributed by atoms with van der Waals surface area (Å²) in [7, 11) is 0. The number of thiophene rings is 2. The smallest absolute Gasteiger partial charge is 0.197 e. The van der Waals surface area contributed by atoms with Gasteiger partial charge < -0.3 is 10.3 Å². The van der Waals surface area contributed by atoms with Gasteiger partial charge in [0.2, 0.25) is 0 Å². The minimum absolute atomic E-state index is 0.239. The van der Waals surface area contributed by atoms with Crippen LogP contribution in [0.2, 0.25) is 5.02 Å². The van der Waals surface area contributed by atoms with Crippen LogP contribution in [0.4, 0.5) is 5.82 Å². The summed E-state index contributed by atoms with van der Waals surface area (Å²) in [4.78, 5) is 0.964. The Morgan fingerprint density at radius 2 is 2.27 bits per heavy atom. The molecule has 0 fully saturated rings. The van der Waals surface area contributed by atoms with Crippen molar-refractivity contribution in [2.45, 2.75) is 0 Å². The van der Waals surface area contributed by atoms with Crippen molar-refractivity contribution in [2.24, 2.45) is 0 Å². The fraction of sp³-hybridized carbons (Fsp3) is 0. The van der Waals surface area contributed by atoms with Crippen molar-refractivity contribution in [1.29, 1.82) is 0 Å². The summed E-state index contributed by atoms with van der Waals surface area (Å²) in [6.07, 6.45) is 0. The molecule has 3 aromatic heterocycles. The van der Waals surface area contributed by atoms with Crippen LogP contribution in [0.15, 0.2) is 22.0 Å². The van der Waals surface area contributed by atoms with Gasteiger partial charge in [-0.15, -0.1) is 22.7 Å². The third-order valence-corrected chi connectivity index (χ3v) is 4.48. The molecule has 0 saturated carbocycles. The maximum Gasteiger partial charge on any atom is 0.197 e. The monoisotopic (exact) mass is 256 g/mol. The van der Waals surface area contributed by atoms with Crippen LogP contribution in [0.3, 0.4) is 0 Å². The highest BCUT2D eigenvalue weighted by atomic mass is 35.5. The number of nitrogen functional groups attached to an aromatic ring is 1. The van der Waals surface area contributed by atoms with E-state index in [0.717, 1.165) is 4.88 Å². The second-order valence-electron chi connectivity index (χ2n) is 2.97. The molecule has 3 aromatic rings. The van der Waals surface area contributed by atoms with Gasteiger partial charge in [0.25, 0.3) is 0 Å². The van der Waals surface area contributed by atoms with Crippen LogP contribution in [-0.2, 0) is 0 Å². The molecular weight excluding hydrogens is 252 g/mol. The molecule has 0 saturated heterocycles. The van der Waals surface area contributed by atoms with Crippen LogP contribution in [0.1, 0.15) is 0 Å². The minimum Gasteiger partial charge on any atom is -0.380 e. The SMILES string of the molecule is Nc1noc(-c2cc3sccc3s2)c1Cl. The number of halogens is 1. The Morgan fingerprint density at radius 1 is 1.40 bits per heavy atom. The maximum atomic E-state index is 5.97. The molecule has 0 atom stereocenters. The van der Waals surface area contributed by atoms with Gasteiger partial charge in [0.1, 0.15) is 5.02 Å². The highest BCUT2D eigenvalue weighted by molar-refractivity contribution is 7.28. The molecule has 6 heteroatoms. The summed E-state index contributed by atoms with van der Waals surface area (Å²) in [5.41, 5.74) is 5.52. The third kappa shape index (κ3) is 1.35. The van der Waals surface area contributed by atoms with Crippen LogP contribution in [0.5, 0.6) is 0 Å². The topological polar surface area (TPSA) is 52.0 Å². The summed E-state index contributed by atoms with van der Waals surface area (Å²) in [5, 5.41) is 6.08. The van der Waals surface area contributed by atoms with Crippen molar-refractivity contribution in [3.63, 3.8) is 0 Å². The normalized spacial score (nSPS) is 11.3. The molecule has 0 radical (unpaired) electrons. The van der Waals surface area contributed by atoms with E-state index in [-0.39, 0.29) is 5.82 Å². The fourth-order valence-electron chi connectivity index (χ4n) is 1.32. The second kappa shape index (κ2) is 3.23. The van der Waals surface area contributed by atoms with E-state index in [1.807, 2.05) is 6.07 Å². The lowest BCUT2D eigenvalue weighted by Crippen LogP contribution is -1.82. The van der Waals surface area contributed by atoms with Crippen LogP contribution in [0.25, 0.3) is 20.0 Å². The zero-order chi connectivity index (χ0) is 10.4. The van der Waals surface area contributed by atoms with E-state index in [1.54, 1.807) is 22.7 Å². The minimum atomic E-state index is 0.239. The summed E-state index contributed by atoms with van der Waals surface area (Å²) >= 11 is 9.28. The molecule has 0 aliphatic rings. The first-order valence-electron chi connectivity index (χ1n) is 4.14. The zero-order valence-electron chi connectivity index (χ0n) is 7.36. The highest BCUT2D eigenvalue weighted by Crippen LogP contribution is 2.40. The third-order valence-electron chi connectivity index (χ3n) is 2.02. The number of nitrogens with zero attached hydrogens (tertiary/aromatic N) is 1. The molecule has 0 aromatic carbocycles. The van der Waals surface area contributed by atoms with Gasteiger partial charge in [-0.3, -0.25) is 0 Å². The van der Waals surface area contributed by atoms with Gasteiger partial charge in [-0.05, 0) is 17.5 Å². The lowest BCUT2D eigenvalue weighted by atomic mass is 10.3. The molecule has 0 amide bonds. The van der Waals surface area contributed by atoms with Gasteiger partial charge in [-0.1, -0.05) is 16.8 Å². The van der Waals surface area contributed by atoms with Crippen molar-refractivity contribution in [2.75, 3.05) is 5.73 Å². The molecular formula is C9H5ClN2OS2. The number of aromatic nitrogens is 1. The van der Waals surface area contributed by atoms with Gasteiger partial charge in [-0.2, -0.15) is 0 Å². The van der Waals surface area contributed by atoms with E-state index in [4.69, 9.17) is 21.9 Å². The predicted molar refractivity (Wildman–Crippen MR) is 64.6 cm³/mol. The molecule has 0 aliphatic heterocycles. The Balaban J connectivity index is 2.21. The summed E-state index contributed by atoms with van der Waals surface area (Å²) in [6, 6.07) is 4.11. The highest BCUT2D eigenvalue weighted by Gasteiger charge is 2.16. The van der Waals surface area contributed by atoms with E-state index in [2.05, 4.69) is 16.6 Å². The maximum absolute atomic E-state index is 5.97. The van der Waals surface area contributed by atoms with Crippen LogP contribution in [0, 0.1) is 0 Å². The van der Waals surface area contributed by atoms with E-state index in [9.17, 15) is 0 Å². The number of hydrogen-bond acceptors (Lipinski definition) is 5. The summed E-state index contributed by atoms with van der Waals surface area (Å²) in [5.74, 6) is 0.797. The first kappa shape index (κ1) is 9.21. The molecule has 0 spiro atoms. The summed E-state index contributed by atoms with van der Waals surface area (Å²) in [6.45, 7) is 0. The largest absolute Gasteiger partial charge is 0.380 e. The van der Waals surface area contributed by atoms with Gasteiger partial charge in [-0.25, -0.2) is 0 Å². The molecule has 3 nitrogen and oxygen atoms in total. The average molecular weight is 257 g/mol. The molecule has 76 valence electrons. The van der Waals surface area contributed by atoms with Crippen molar-refractivity contribution in [3.8, 4) is 10.6 Å². The van der Waals surface area contributed by atoms with Crippen molar-refractivity contribution < 1.29 is 4.52 Å². The lowest BCUT2D eigenvalue weighted by molar-refractivity contribution is 0.437. The van der Waals surface area contributed by atoms with E-state index < -0.39 is 0 Å². The number of fused-ring (bicyclic) bond motifs is 1. The first-order chi connectivity index (χ1) is 7.25. The number of nitrogens with two attached hydrogens (primary N) is 1. The summed E-state index contributed by atoms with van der Waals surface area (Å²) < 4.78 is 7.53. The Bertz CT molecular complexity index is 596. The number of anilines is 1. The standard InChI is InChI=1S/C9H5ClN2OS2/c10-7-8(13-12-9(7)11)6-3-5-4(15-6)1-2-14-5/h1-3H,(H2,11,12). The quantitative estimate of drug-likeness (QED) is 0.719. The van der Waals surface area contributed by atoms with E-state index >= 15 is 0 Å². The van der Waals surface area contributed by atoms with Gasteiger partial charge in [0.05, 0.1) is 4.88 Å².